The van der Waals surface area contributed by atoms with Gasteiger partial charge in [0.2, 0.25) is 5.91 Å². The molecule has 0 bridgehead atoms. The van der Waals surface area contributed by atoms with Gasteiger partial charge in [0.1, 0.15) is 0 Å². The smallest absolute Gasteiger partial charge is 0.234 e. The maximum absolute atomic E-state index is 13.8. The molecule has 0 amide bonds. The van der Waals surface area contributed by atoms with Gasteiger partial charge in [0.25, 0.3) is 0 Å². The zero-order valence-corrected chi connectivity index (χ0v) is 16.6. The van der Waals surface area contributed by atoms with Crippen molar-refractivity contribution in [1.29, 1.82) is 0 Å². The van der Waals surface area contributed by atoms with Crippen LogP contribution in [0.1, 0.15) is 36.9 Å². The predicted molar refractivity (Wildman–Crippen MR) is 120 cm³/mol. The average molecular weight is 380 g/mol. The van der Waals surface area contributed by atoms with Gasteiger partial charge in [0.05, 0.1) is 11.2 Å². The van der Waals surface area contributed by atoms with Crippen molar-refractivity contribution in [2.24, 2.45) is 5.92 Å². The highest BCUT2D eigenvalue weighted by Gasteiger charge is 2.28. The van der Waals surface area contributed by atoms with Crippen LogP contribution in [0.2, 0.25) is 0 Å². The largest absolute Gasteiger partial charge is 0.279 e. The monoisotopic (exact) mass is 379 g/mol. The first-order chi connectivity index (χ1) is 14.3. The highest BCUT2D eigenvalue weighted by Crippen LogP contribution is 2.42. The van der Waals surface area contributed by atoms with E-state index in [0.717, 1.165) is 59.0 Å². The minimum atomic E-state index is 0.116. The van der Waals surface area contributed by atoms with E-state index < -0.39 is 0 Å². The van der Waals surface area contributed by atoms with Crippen LogP contribution in [0.4, 0.5) is 0 Å². The number of carbonyl (C=O) groups is 1. The Morgan fingerprint density at radius 1 is 0.690 bits per heavy atom. The van der Waals surface area contributed by atoms with Crippen molar-refractivity contribution >= 4 is 16.8 Å². The molecule has 0 unspecified atom stereocenters. The molecule has 2 heteroatoms. The average Bonchev–Trinajstić information content (AvgIpc) is 3.15. The maximum Gasteiger partial charge on any atom is 0.234 e. The van der Waals surface area contributed by atoms with Gasteiger partial charge in [-0.25, -0.2) is 0 Å². The summed E-state index contributed by atoms with van der Waals surface area (Å²) in [6.07, 6.45) is 5.56. The summed E-state index contributed by atoms with van der Waals surface area (Å²) in [5.74, 6) is 0.368. The van der Waals surface area contributed by atoms with Crippen LogP contribution < -0.4 is 0 Å². The van der Waals surface area contributed by atoms with Crippen molar-refractivity contribution in [2.45, 2.75) is 32.1 Å². The topological polar surface area (TPSA) is 22.0 Å². The minimum absolute atomic E-state index is 0.116. The molecule has 4 aromatic rings. The zero-order valence-electron chi connectivity index (χ0n) is 16.6. The second-order valence-corrected chi connectivity index (χ2v) is 7.98. The van der Waals surface area contributed by atoms with E-state index >= 15 is 0 Å². The third-order valence-electron chi connectivity index (χ3n) is 6.16. The van der Waals surface area contributed by atoms with Gasteiger partial charge in [-0.15, -0.1) is 0 Å². The van der Waals surface area contributed by atoms with E-state index in [1.54, 1.807) is 0 Å². The first kappa shape index (κ1) is 17.9. The van der Waals surface area contributed by atoms with Gasteiger partial charge in [-0.2, -0.15) is 0 Å². The highest BCUT2D eigenvalue weighted by molar-refractivity contribution is 6.10. The van der Waals surface area contributed by atoms with E-state index in [0.29, 0.717) is 0 Å². The fraction of sp³-hybridized carbons (Fsp3) is 0.222. The number of nitrogens with zero attached hydrogens (tertiary/aromatic N) is 1. The molecule has 1 aliphatic rings. The molecule has 1 fully saturated rings. The van der Waals surface area contributed by atoms with Crippen molar-refractivity contribution in [3.05, 3.63) is 84.9 Å². The Labute approximate surface area is 171 Å². The molecular weight excluding hydrogens is 354 g/mol. The van der Waals surface area contributed by atoms with E-state index in [9.17, 15) is 4.79 Å². The summed E-state index contributed by atoms with van der Waals surface area (Å²) in [6, 6.07) is 29.2. The lowest BCUT2D eigenvalue weighted by Crippen LogP contribution is -2.24. The van der Waals surface area contributed by atoms with Gasteiger partial charge < -0.3 is 0 Å². The number of rotatable bonds is 3. The number of carbonyl (C=O) groups excluding carboxylic acids is 1. The summed E-state index contributed by atoms with van der Waals surface area (Å²) in [5.41, 5.74) is 5.43. The number of aromatic nitrogens is 1. The molecule has 1 saturated carbocycles. The van der Waals surface area contributed by atoms with E-state index in [-0.39, 0.29) is 11.8 Å². The lowest BCUT2D eigenvalue weighted by molar-refractivity contribution is 0.0809. The zero-order chi connectivity index (χ0) is 19.6. The Kier molecular flexibility index (Phi) is 4.77. The summed E-state index contributed by atoms with van der Waals surface area (Å²) < 4.78 is 2.02. The third kappa shape index (κ3) is 3.19. The van der Waals surface area contributed by atoms with Crippen LogP contribution in [-0.2, 0) is 0 Å². The maximum atomic E-state index is 13.8. The normalized spacial score (nSPS) is 14.9. The summed E-state index contributed by atoms with van der Waals surface area (Å²) in [5, 5.41) is 1.14. The van der Waals surface area contributed by atoms with Crippen molar-refractivity contribution in [3.8, 4) is 22.4 Å². The molecule has 0 atom stereocenters. The summed E-state index contributed by atoms with van der Waals surface area (Å²) >= 11 is 0. The molecule has 0 saturated heterocycles. The lowest BCUT2D eigenvalue weighted by atomic mass is 9.88. The standard InChI is InChI=1S/C27H25NO/c29-27(22-16-8-3-9-17-22)28-24-19-11-10-18-23(24)25(20-12-4-1-5-13-20)26(28)21-14-6-2-7-15-21/h1-2,4-7,10-15,18-19,22H,3,8-9,16-17H2. The fourth-order valence-electron chi connectivity index (χ4n) is 4.77. The van der Waals surface area contributed by atoms with Gasteiger partial charge >= 0.3 is 0 Å². The lowest BCUT2D eigenvalue weighted by Gasteiger charge is -2.22. The second kappa shape index (κ2) is 7.71. The van der Waals surface area contributed by atoms with Crippen LogP contribution in [0.5, 0.6) is 0 Å². The van der Waals surface area contributed by atoms with Gasteiger partial charge in [-0.1, -0.05) is 98.1 Å². The van der Waals surface area contributed by atoms with Crippen molar-refractivity contribution in [1.82, 2.24) is 4.57 Å². The number of fused-ring (bicyclic) bond motifs is 1. The SMILES string of the molecule is O=C(C1CCCCC1)n1c(-c2ccccc2)c(-c2ccccc2)c2ccccc21. The molecule has 1 aliphatic carbocycles. The molecule has 0 radical (unpaired) electrons. The first-order valence-electron chi connectivity index (χ1n) is 10.6. The van der Waals surface area contributed by atoms with Crippen molar-refractivity contribution in [3.63, 3.8) is 0 Å². The van der Waals surface area contributed by atoms with Crippen molar-refractivity contribution < 1.29 is 4.79 Å². The van der Waals surface area contributed by atoms with Crippen LogP contribution in [0.25, 0.3) is 33.3 Å². The van der Waals surface area contributed by atoms with Gasteiger partial charge in [-0.3, -0.25) is 9.36 Å². The van der Waals surface area contributed by atoms with E-state index in [4.69, 9.17) is 0 Å². The molecule has 29 heavy (non-hydrogen) atoms. The molecule has 1 aromatic heterocycles. The number of hydrogen-bond acceptors (Lipinski definition) is 1. The third-order valence-corrected chi connectivity index (χ3v) is 6.16. The Morgan fingerprint density at radius 3 is 1.97 bits per heavy atom. The molecule has 5 rings (SSSR count). The van der Waals surface area contributed by atoms with Crippen LogP contribution in [-0.4, -0.2) is 10.5 Å². The second-order valence-electron chi connectivity index (χ2n) is 7.98. The minimum Gasteiger partial charge on any atom is -0.279 e. The molecule has 3 aromatic carbocycles. The predicted octanol–water partition coefficient (Wildman–Crippen LogP) is 7.20. The van der Waals surface area contributed by atoms with Gasteiger partial charge in [0, 0.05) is 16.9 Å². The molecule has 0 aliphatic heterocycles. The Bertz CT molecular complexity index is 1140. The first-order valence-corrected chi connectivity index (χ1v) is 10.6. The van der Waals surface area contributed by atoms with Crippen molar-refractivity contribution in [2.75, 3.05) is 0 Å². The molecule has 144 valence electrons. The van der Waals surface area contributed by atoms with Crippen LogP contribution in [0.3, 0.4) is 0 Å². The highest BCUT2D eigenvalue weighted by atomic mass is 16.2. The summed E-state index contributed by atoms with van der Waals surface area (Å²) in [4.78, 5) is 13.8. The van der Waals surface area contributed by atoms with Gasteiger partial charge in [0.15, 0.2) is 0 Å². The van der Waals surface area contributed by atoms with Crippen LogP contribution in [0, 0.1) is 5.92 Å². The van der Waals surface area contributed by atoms with Gasteiger partial charge in [-0.05, 0) is 30.0 Å². The molecule has 1 heterocycles. The molecule has 0 spiro atoms. The Morgan fingerprint density at radius 2 is 1.28 bits per heavy atom. The van der Waals surface area contributed by atoms with E-state index in [1.807, 2.05) is 22.8 Å². The van der Waals surface area contributed by atoms with E-state index in [2.05, 4.69) is 66.7 Å². The Balaban J connectivity index is 1.83. The van der Waals surface area contributed by atoms with E-state index in [1.165, 1.54) is 6.42 Å². The molecule has 0 N–H and O–H groups in total. The fourth-order valence-corrected chi connectivity index (χ4v) is 4.77. The summed E-state index contributed by atoms with van der Waals surface area (Å²) in [7, 11) is 0. The molecular formula is C27H25NO. The van der Waals surface area contributed by atoms with Crippen LogP contribution in [0.15, 0.2) is 84.9 Å². The molecule has 2 nitrogen and oxygen atoms in total. The Hall–Kier alpha value is -3.13. The quantitative estimate of drug-likeness (QED) is 0.369. The van der Waals surface area contributed by atoms with Crippen LogP contribution >= 0.6 is 0 Å². The number of hydrogen-bond donors (Lipinski definition) is 0. The summed E-state index contributed by atoms with van der Waals surface area (Å²) in [6.45, 7) is 0. The number of para-hydroxylation sites is 1. The number of benzene rings is 3.